The van der Waals surface area contributed by atoms with Crippen LogP contribution in [0.25, 0.3) is 0 Å². The molecule has 1 aromatic heterocycles. The van der Waals surface area contributed by atoms with Gasteiger partial charge in [-0.1, -0.05) is 13.8 Å². The summed E-state index contributed by atoms with van der Waals surface area (Å²) in [5.74, 6) is 0.410. The maximum Gasteiger partial charge on any atom is 0.133 e. The minimum Gasteiger partial charge on any atom is -0.272 e. The number of nitrogens with zero attached hydrogens (tertiary/aromatic N) is 2. The van der Waals surface area contributed by atoms with Gasteiger partial charge in [-0.2, -0.15) is 5.10 Å². The van der Waals surface area contributed by atoms with Crippen molar-refractivity contribution in [3.05, 3.63) is 17.5 Å². The van der Waals surface area contributed by atoms with Gasteiger partial charge in [0.2, 0.25) is 0 Å². The van der Waals surface area contributed by atoms with Crippen LogP contribution in [0.1, 0.15) is 31.2 Å². The molecule has 0 aliphatic heterocycles. The Bertz CT molecular complexity index is 240. The van der Waals surface area contributed by atoms with Crippen LogP contribution in [-0.2, 0) is 13.7 Å². The fourth-order valence-electron chi connectivity index (χ4n) is 1.15. The molecule has 0 aliphatic carbocycles. The van der Waals surface area contributed by atoms with Crippen LogP contribution in [0.4, 0.5) is 4.39 Å². The van der Waals surface area contributed by atoms with Crippen LogP contribution >= 0.6 is 0 Å². The monoisotopic (exact) mass is 156 g/mol. The molecule has 0 N–H and O–H groups in total. The van der Waals surface area contributed by atoms with Gasteiger partial charge in [0, 0.05) is 12.7 Å². The van der Waals surface area contributed by atoms with Crippen molar-refractivity contribution >= 4 is 0 Å². The van der Waals surface area contributed by atoms with Crippen LogP contribution < -0.4 is 0 Å². The van der Waals surface area contributed by atoms with E-state index in [1.807, 2.05) is 13.1 Å². The second kappa shape index (κ2) is 3.03. The van der Waals surface area contributed by atoms with E-state index in [-0.39, 0.29) is 0 Å². The summed E-state index contributed by atoms with van der Waals surface area (Å²) in [5, 5.41) is 3.99. The lowest BCUT2D eigenvalue weighted by atomic mass is 10.1. The van der Waals surface area contributed by atoms with Crippen molar-refractivity contribution in [2.75, 3.05) is 0 Å². The summed E-state index contributed by atoms with van der Waals surface area (Å²) in [5.41, 5.74) is 1.61. The highest BCUT2D eigenvalue weighted by Gasteiger charge is 2.07. The van der Waals surface area contributed by atoms with Gasteiger partial charge < -0.3 is 0 Å². The van der Waals surface area contributed by atoms with Crippen LogP contribution in [0.3, 0.4) is 0 Å². The standard InChI is InChI=1S/C8H13FN2/c1-6(2)8-4-7(5-9)10-11(8)3/h4,6H,5H2,1-3H3. The first-order chi connectivity index (χ1) is 5.15. The summed E-state index contributed by atoms with van der Waals surface area (Å²) in [7, 11) is 1.84. The number of alkyl halides is 1. The molecule has 62 valence electrons. The first-order valence-electron chi connectivity index (χ1n) is 3.74. The first kappa shape index (κ1) is 8.24. The predicted molar refractivity (Wildman–Crippen MR) is 42.1 cm³/mol. The topological polar surface area (TPSA) is 17.8 Å². The minimum absolute atomic E-state index is 0.410. The van der Waals surface area contributed by atoms with Gasteiger partial charge in [-0.25, -0.2) is 4.39 Å². The largest absolute Gasteiger partial charge is 0.272 e. The summed E-state index contributed by atoms with van der Waals surface area (Å²) >= 11 is 0. The molecule has 0 aromatic carbocycles. The molecule has 0 saturated heterocycles. The van der Waals surface area contributed by atoms with Crippen molar-refractivity contribution in [2.45, 2.75) is 26.4 Å². The highest BCUT2D eigenvalue weighted by molar-refractivity contribution is 5.12. The molecule has 11 heavy (non-hydrogen) atoms. The van der Waals surface area contributed by atoms with Crippen LogP contribution in [-0.4, -0.2) is 9.78 Å². The van der Waals surface area contributed by atoms with Crippen molar-refractivity contribution in [3.8, 4) is 0 Å². The quantitative estimate of drug-likeness (QED) is 0.640. The predicted octanol–water partition coefficient (Wildman–Crippen LogP) is 2.01. The van der Waals surface area contributed by atoms with E-state index in [0.717, 1.165) is 5.69 Å². The smallest absolute Gasteiger partial charge is 0.133 e. The third-order valence-electron chi connectivity index (χ3n) is 1.70. The fraction of sp³-hybridized carbons (Fsp3) is 0.625. The Kier molecular flexibility index (Phi) is 2.27. The van der Waals surface area contributed by atoms with Gasteiger partial charge in [-0.3, -0.25) is 4.68 Å². The van der Waals surface area contributed by atoms with Crippen LogP contribution in [0.2, 0.25) is 0 Å². The van der Waals surface area contributed by atoms with Gasteiger partial charge in [0.05, 0.1) is 5.69 Å². The lowest BCUT2D eigenvalue weighted by Gasteiger charge is -2.02. The minimum atomic E-state index is -0.472. The van der Waals surface area contributed by atoms with E-state index in [0.29, 0.717) is 11.6 Å². The second-order valence-corrected chi connectivity index (χ2v) is 2.97. The van der Waals surface area contributed by atoms with E-state index in [2.05, 4.69) is 18.9 Å². The van der Waals surface area contributed by atoms with Crippen LogP contribution in [0.15, 0.2) is 6.07 Å². The SMILES string of the molecule is CC(C)c1cc(CF)nn1C. The highest BCUT2D eigenvalue weighted by atomic mass is 19.1. The Morgan fingerprint density at radius 2 is 2.27 bits per heavy atom. The Morgan fingerprint density at radius 3 is 2.55 bits per heavy atom. The summed E-state index contributed by atoms with van der Waals surface area (Å²) in [6, 6.07) is 1.81. The molecule has 1 heterocycles. The first-order valence-corrected chi connectivity index (χ1v) is 3.74. The van der Waals surface area contributed by atoms with Gasteiger partial charge in [0.25, 0.3) is 0 Å². The highest BCUT2D eigenvalue weighted by Crippen LogP contribution is 2.14. The lowest BCUT2D eigenvalue weighted by Crippen LogP contribution is -1.99. The molecule has 3 heteroatoms. The Balaban J connectivity index is 2.97. The molecular weight excluding hydrogens is 143 g/mol. The number of halogens is 1. The normalized spacial score (nSPS) is 11.0. The number of rotatable bonds is 2. The van der Waals surface area contributed by atoms with E-state index in [1.54, 1.807) is 4.68 Å². The maximum absolute atomic E-state index is 12.1. The molecule has 0 spiro atoms. The summed E-state index contributed by atoms with van der Waals surface area (Å²) in [4.78, 5) is 0. The van der Waals surface area contributed by atoms with Crippen molar-refractivity contribution in [1.82, 2.24) is 9.78 Å². The molecule has 2 nitrogen and oxygen atoms in total. The van der Waals surface area contributed by atoms with Crippen molar-refractivity contribution in [3.63, 3.8) is 0 Å². The van der Waals surface area contributed by atoms with Gasteiger partial charge in [0.1, 0.15) is 6.67 Å². The van der Waals surface area contributed by atoms with Crippen LogP contribution in [0, 0.1) is 0 Å². The van der Waals surface area contributed by atoms with E-state index in [4.69, 9.17) is 0 Å². The van der Waals surface area contributed by atoms with Gasteiger partial charge in [-0.15, -0.1) is 0 Å². The molecular formula is C8H13FN2. The summed E-state index contributed by atoms with van der Waals surface area (Å²) in [6.45, 7) is 3.67. The second-order valence-electron chi connectivity index (χ2n) is 2.97. The van der Waals surface area contributed by atoms with Gasteiger partial charge in [0.15, 0.2) is 0 Å². The van der Waals surface area contributed by atoms with Gasteiger partial charge in [-0.05, 0) is 12.0 Å². The van der Waals surface area contributed by atoms with Crippen molar-refractivity contribution in [1.29, 1.82) is 0 Å². The number of hydrogen-bond donors (Lipinski definition) is 0. The Labute approximate surface area is 66.0 Å². The average Bonchev–Trinajstić information content (AvgIpc) is 2.30. The van der Waals surface area contributed by atoms with Crippen LogP contribution in [0.5, 0.6) is 0 Å². The molecule has 0 unspecified atom stereocenters. The third-order valence-corrected chi connectivity index (χ3v) is 1.70. The molecule has 0 saturated carbocycles. The zero-order valence-corrected chi connectivity index (χ0v) is 7.13. The molecule has 0 bridgehead atoms. The fourth-order valence-corrected chi connectivity index (χ4v) is 1.15. The molecule has 0 radical (unpaired) electrons. The maximum atomic E-state index is 12.1. The average molecular weight is 156 g/mol. The third kappa shape index (κ3) is 1.59. The summed E-state index contributed by atoms with van der Waals surface area (Å²) in [6.07, 6.45) is 0. The van der Waals surface area contributed by atoms with E-state index in [1.165, 1.54) is 0 Å². The van der Waals surface area contributed by atoms with E-state index in [9.17, 15) is 4.39 Å². The molecule has 0 amide bonds. The summed E-state index contributed by atoms with van der Waals surface area (Å²) < 4.78 is 13.8. The van der Waals surface area contributed by atoms with E-state index >= 15 is 0 Å². The number of hydrogen-bond acceptors (Lipinski definition) is 1. The molecule has 1 rings (SSSR count). The lowest BCUT2D eigenvalue weighted by molar-refractivity contribution is 0.471. The zero-order chi connectivity index (χ0) is 8.43. The molecule has 0 fully saturated rings. The van der Waals surface area contributed by atoms with Gasteiger partial charge >= 0.3 is 0 Å². The number of aryl methyl sites for hydroxylation is 1. The molecule has 0 aliphatic rings. The van der Waals surface area contributed by atoms with Crippen molar-refractivity contribution < 1.29 is 4.39 Å². The molecule has 1 aromatic rings. The Morgan fingerprint density at radius 1 is 1.64 bits per heavy atom. The Hall–Kier alpha value is -0.860. The van der Waals surface area contributed by atoms with Crippen molar-refractivity contribution in [2.24, 2.45) is 7.05 Å². The number of aromatic nitrogens is 2. The zero-order valence-electron chi connectivity index (χ0n) is 7.13. The van der Waals surface area contributed by atoms with E-state index < -0.39 is 6.67 Å². The molecule has 0 atom stereocenters.